The molecule has 0 saturated carbocycles. The molecule has 1 aromatic heterocycles. The van der Waals surface area contributed by atoms with Gasteiger partial charge in [0.25, 0.3) is 5.56 Å². The Morgan fingerprint density at radius 3 is 2.34 bits per heavy atom. The van der Waals surface area contributed by atoms with Crippen LogP contribution >= 0.6 is 23.2 Å². The van der Waals surface area contributed by atoms with Crippen molar-refractivity contribution in [3.63, 3.8) is 0 Å². The van der Waals surface area contributed by atoms with Gasteiger partial charge in [0.2, 0.25) is 5.91 Å². The first kappa shape index (κ1) is 23.6. The van der Waals surface area contributed by atoms with Crippen molar-refractivity contribution < 1.29 is 4.79 Å². The van der Waals surface area contributed by atoms with E-state index >= 15 is 0 Å². The van der Waals surface area contributed by atoms with Crippen molar-refractivity contribution in [3.05, 3.63) is 90.5 Å². The van der Waals surface area contributed by atoms with E-state index in [1.54, 1.807) is 18.2 Å². The summed E-state index contributed by atoms with van der Waals surface area (Å²) in [5, 5.41) is 0.717. The highest BCUT2D eigenvalue weighted by Gasteiger charge is 2.25. The van der Waals surface area contributed by atoms with E-state index in [0.717, 1.165) is 12.0 Å². The van der Waals surface area contributed by atoms with Crippen molar-refractivity contribution in [2.24, 2.45) is 0 Å². The maximum Gasteiger partial charge on any atom is 0.330 e. The Morgan fingerprint density at radius 2 is 1.72 bits per heavy atom. The minimum atomic E-state index is -0.716. The van der Waals surface area contributed by atoms with Crippen LogP contribution in [0.3, 0.4) is 0 Å². The van der Waals surface area contributed by atoms with E-state index < -0.39 is 17.2 Å². The van der Waals surface area contributed by atoms with Crippen LogP contribution in [0.4, 0.5) is 11.5 Å². The number of aromatic amines is 1. The number of benzene rings is 2. The Morgan fingerprint density at radius 1 is 1.06 bits per heavy atom. The zero-order valence-corrected chi connectivity index (χ0v) is 19.1. The van der Waals surface area contributed by atoms with Crippen LogP contribution in [0.15, 0.2) is 58.1 Å². The molecule has 0 aliphatic carbocycles. The van der Waals surface area contributed by atoms with Crippen molar-refractivity contribution in [1.29, 1.82) is 0 Å². The molecule has 0 atom stereocenters. The molecule has 3 rings (SSSR count). The second-order valence-electron chi connectivity index (χ2n) is 7.34. The molecule has 2 aromatic carbocycles. The van der Waals surface area contributed by atoms with E-state index in [1.807, 2.05) is 37.3 Å². The van der Waals surface area contributed by atoms with Crippen LogP contribution in [-0.4, -0.2) is 22.0 Å². The number of amides is 1. The fourth-order valence-electron chi connectivity index (χ4n) is 3.39. The van der Waals surface area contributed by atoms with Crippen LogP contribution in [0, 0.1) is 0 Å². The lowest BCUT2D eigenvalue weighted by Gasteiger charge is -2.25. The molecule has 0 aliphatic heterocycles. The minimum absolute atomic E-state index is 0.0536. The molecule has 168 valence electrons. The summed E-state index contributed by atoms with van der Waals surface area (Å²) < 4.78 is 1.25. The summed E-state index contributed by atoms with van der Waals surface area (Å²) in [5.74, 6) is -0.465. The van der Waals surface area contributed by atoms with Crippen molar-refractivity contribution in [2.75, 3.05) is 17.2 Å². The first-order valence-corrected chi connectivity index (χ1v) is 11.0. The van der Waals surface area contributed by atoms with Crippen molar-refractivity contribution in [3.8, 4) is 0 Å². The normalized spacial score (nSPS) is 10.8. The molecule has 0 aliphatic rings. The number of unbranched alkanes of at least 4 members (excludes halogenated alkanes) is 1. The van der Waals surface area contributed by atoms with Crippen LogP contribution in [-0.2, 0) is 17.8 Å². The van der Waals surface area contributed by atoms with Crippen LogP contribution < -0.4 is 21.9 Å². The third kappa shape index (κ3) is 5.23. The summed E-state index contributed by atoms with van der Waals surface area (Å²) in [5.41, 5.74) is 6.18. The zero-order chi connectivity index (χ0) is 23.3. The largest absolute Gasteiger partial charge is 0.383 e. The fourth-order valence-corrected chi connectivity index (χ4v) is 3.92. The second-order valence-corrected chi connectivity index (χ2v) is 8.16. The standard InChI is InChI=1S/C23H24Cl2N4O3/c1-2-3-12-28(19(30)13-16-17(24)10-7-11-18(16)25)20-21(26)29(23(32)27-22(20)31)14-15-8-5-4-6-9-15/h4-11H,2-3,12-14,26H2,1H3,(H,27,31,32). The van der Waals surface area contributed by atoms with Crippen molar-refractivity contribution >= 4 is 40.6 Å². The van der Waals surface area contributed by atoms with E-state index in [1.165, 1.54) is 9.47 Å². The van der Waals surface area contributed by atoms with Gasteiger partial charge in [0.1, 0.15) is 5.82 Å². The summed E-state index contributed by atoms with van der Waals surface area (Å²) in [4.78, 5) is 42.2. The van der Waals surface area contributed by atoms with Crippen LogP contribution in [0.1, 0.15) is 30.9 Å². The maximum atomic E-state index is 13.3. The van der Waals surface area contributed by atoms with E-state index in [0.29, 0.717) is 22.0 Å². The predicted molar refractivity (Wildman–Crippen MR) is 129 cm³/mol. The molecule has 9 heteroatoms. The number of nitrogens with two attached hydrogens (primary N) is 1. The average molecular weight is 475 g/mol. The first-order chi connectivity index (χ1) is 15.3. The highest BCUT2D eigenvalue weighted by molar-refractivity contribution is 6.36. The van der Waals surface area contributed by atoms with Gasteiger partial charge >= 0.3 is 5.69 Å². The molecule has 0 radical (unpaired) electrons. The van der Waals surface area contributed by atoms with E-state index in [4.69, 9.17) is 28.9 Å². The van der Waals surface area contributed by atoms with Gasteiger partial charge in [-0.2, -0.15) is 0 Å². The number of anilines is 2. The zero-order valence-electron chi connectivity index (χ0n) is 17.6. The summed E-state index contributed by atoms with van der Waals surface area (Å²) in [6.45, 7) is 2.38. The number of carbonyl (C=O) groups is 1. The summed E-state index contributed by atoms with van der Waals surface area (Å²) >= 11 is 12.5. The molecule has 7 nitrogen and oxygen atoms in total. The fraction of sp³-hybridized carbons (Fsp3) is 0.261. The number of hydrogen-bond acceptors (Lipinski definition) is 4. The van der Waals surface area contributed by atoms with Crippen molar-refractivity contribution in [2.45, 2.75) is 32.7 Å². The highest BCUT2D eigenvalue weighted by atomic mass is 35.5. The predicted octanol–water partition coefficient (Wildman–Crippen LogP) is 3.85. The Balaban J connectivity index is 2.05. The average Bonchev–Trinajstić information content (AvgIpc) is 2.76. The Hall–Kier alpha value is -3.03. The lowest BCUT2D eigenvalue weighted by Crippen LogP contribution is -2.42. The molecule has 3 aromatic rings. The maximum absolute atomic E-state index is 13.3. The monoisotopic (exact) mass is 474 g/mol. The molecule has 0 saturated heterocycles. The van der Waals surface area contributed by atoms with Gasteiger partial charge in [0.15, 0.2) is 5.69 Å². The number of nitrogens with zero attached hydrogens (tertiary/aromatic N) is 2. The van der Waals surface area contributed by atoms with Gasteiger partial charge in [-0.1, -0.05) is 72.9 Å². The molecule has 1 heterocycles. The van der Waals surface area contributed by atoms with E-state index in [-0.39, 0.29) is 31.0 Å². The highest BCUT2D eigenvalue weighted by Crippen LogP contribution is 2.27. The molecule has 0 unspecified atom stereocenters. The van der Waals surface area contributed by atoms with Crippen LogP contribution in [0.25, 0.3) is 0 Å². The van der Waals surface area contributed by atoms with Gasteiger partial charge in [-0.3, -0.25) is 19.1 Å². The van der Waals surface area contributed by atoms with Gasteiger partial charge in [-0.25, -0.2) is 4.79 Å². The number of rotatable bonds is 8. The number of carbonyl (C=O) groups excluding carboxylic acids is 1. The van der Waals surface area contributed by atoms with E-state index in [9.17, 15) is 14.4 Å². The smallest absolute Gasteiger partial charge is 0.330 e. The summed E-state index contributed by atoms with van der Waals surface area (Å²) in [6.07, 6.45) is 1.32. The van der Waals surface area contributed by atoms with E-state index in [2.05, 4.69) is 4.98 Å². The third-order valence-electron chi connectivity index (χ3n) is 5.09. The molecular formula is C23H24Cl2N4O3. The summed E-state index contributed by atoms with van der Waals surface area (Å²) in [6, 6.07) is 14.2. The molecule has 0 fully saturated rings. The number of aromatic nitrogens is 2. The third-order valence-corrected chi connectivity index (χ3v) is 5.80. The number of halogens is 2. The Labute approximate surface area is 195 Å². The van der Waals surface area contributed by atoms with Gasteiger partial charge in [-0.05, 0) is 29.7 Å². The second kappa shape index (κ2) is 10.5. The Bertz CT molecular complexity index is 1200. The molecule has 0 bridgehead atoms. The minimum Gasteiger partial charge on any atom is -0.383 e. The molecular weight excluding hydrogens is 451 g/mol. The molecule has 0 spiro atoms. The number of nitrogen functional groups attached to an aromatic ring is 1. The molecule has 1 amide bonds. The van der Waals surface area contributed by atoms with Crippen LogP contribution in [0.2, 0.25) is 10.0 Å². The SMILES string of the molecule is CCCCN(C(=O)Cc1c(Cl)cccc1Cl)c1c(N)n(Cc2ccccc2)c(=O)[nH]c1=O. The van der Waals surface area contributed by atoms with Gasteiger partial charge in [0, 0.05) is 16.6 Å². The topological polar surface area (TPSA) is 101 Å². The van der Waals surface area contributed by atoms with Crippen molar-refractivity contribution in [1.82, 2.24) is 9.55 Å². The first-order valence-electron chi connectivity index (χ1n) is 10.2. The number of H-pyrrole nitrogens is 1. The number of nitrogens with one attached hydrogen (secondary N) is 1. The van der Waals surface area contributed by atoms with Crippen LogP contribution in [0.5, 0.6) is 0 Å². The lowest BCUT2D eigenvalue weighted by molar-refractivity contribution is -0.118. The molecule has 3 N–H and O–H groups in total. The number of hydrogen-bond donors (Lipinski definition) is 2. The summed E-state index contributed by atoms with van der Waals surface area (Å²) in [7, 11) is 0. The lowest BCUT2D eigenvalue weighted by atomic mass is 10.1. The van der Waals surface area contributed by atoms with Gasteiger partial charge in [0.05, 0.1) is 13.0 Å². The Kier molecular flexibility index (Phi) is 7.77. The quantitative estimate of drug-likeness (QED) is 0.517. The molecule has 32 heavy (non-hydrogen) atoms. The van der Waals surface area contributed by atoms with Gasteiger partial charge < -0.3 is 10.6 Å². The van der Waals surface area contributed by atoms with Gasteiger partial charge in [-0.15, -0.1) is 0 Å².